The molecule has 0 spiro atoms. The van der Waals surface area contributed by atoms with Crippen LogP contribution in [0, 0.1) is 17.8 Å². The van der Waals surface area contributed by atoms with Gasteiger partial charge in [-0.05, 0) is 38.0 Å². The summed E-state index contributed by atoms with van der Waals surface area (Å²) in [5.74, 6) is 1.15. The van der Waals surface area contributed by atoms with Gasteiger partial charge in [-0.25, -0.2) is 0 Å². The molecule has 0 heterocycles. The van der Waals surface area contributed by atoms with Crippen LogP contribution in [0.2, 0.25) is 0 Å². The van der Waals surface area contributed by atoms with Gasteiger partial charge in [0.05, 0.1) is 12.2 Å². The quantitative estimate of drug-likeness (QED) is 0.733. The molecule has 1 saturated carbocycles. The molecular weight excluding hydrogens is 176 g/mol. The third-order valence-corrected chi connectivity index (χ3v) is 3.43. The van der Waals surface area contributed by atoms with Crippen molar-refractivity contribution >= 4 is 0 Å². The topological polar surface area (TPSA) is 40.5 Å². The normalized spacial score (nSPS) is 36.0. The van der Waals surface area contributed by atoms with Crippen molar-refractivity contribution in [1.82, 2.24) is 0 Å². The molecule has 0 aromatic heterocycles. The third kappa shape index (κ3) is 2.96. The molecule has 0 saturated heterocycles. The Morgan fingerprint density at radius 2 is 1.86 bits per heavy atom. The van der Waals surface area contributed by atoms with Gasteiger partial charge in [-0.15, -0.1) is 0 Å². The van der Waals surface area contributed by atoms with Crippen LogP contribution in [0.25, 0.3) is 0 Å². The first-order chi connectivity index (χ1) is 6.52. The number of aliphatic hydroxyl groups excluding tert-OH is 2. The maximum atomic E-state index is 10.1. The average molecular weight is 200 g/mol. The molecule has 2 N–H and O–H groups in total. The van der Waals surface area contributed by atoms with Gasteiger partial charge in [0.2, 0.25) is 0 Å². The summed E-state index contributed by atoms with van der Waals surface area (Å²) in [5.41, 5.74) is 0. The highest BCUT2D eigenvalue weighted by atomic mass is 16.3. The van der Waals surface area contributed by atoms with Crippen molar-refractivity contribution in [2.75, 3.05) is 0 Å². The molecule has 0 amide bonds. The SMILES string of the molecule is CC(C)CC1CCCC(C(C)O)C1O. The van der Waals surface area contributed by atoms with E-state index in [0.29, 0.717) is 11.8 Å². The molecule has 1 aliphatic carbocycles. The van der Waals surface area contributed by atoms with E-state index in [9.17, 15) is 10.2 Å². The molecule has 4 unspecified atom stereocenters. The number of hydrogen-bond donors (Lipinski definition) is 2. The number of aliphatic hydroxyl groups is 2. The highest BCUT2D eigenvalue weighted by molar-refractivity contribution is 4.84. The molecule has 0 radical (unpaired) electrons. The lowest BCUT2D eigenvalue weighted by Gasteiger charge is -2.37. The highest BCUT2D eigenvalue weighted by Crippen LogP contribution is 2.34. The summed E-state index contributed by atoms with van der Waals surface area (Å²) in [6.07, 6.45) is 3.70. The average Bonchev–Trinajstić information content (AvgIpc) is 2.07. The van der Waals surface area contributed by atoms with E-state index in [1.807, 2.05) is 0 Å². The molecule has 1 fully saturated rings. The first-order valence-corrected chi connectivity index (χ1v) is 5.88. The second-order valence-corrected chi connectivity index (χ2v) is 5.22. The molecule has 1 aliphatic rings. The fourth-order valence-electron chi connectivity index (χ4n) is 2.70. The first-order valence-electron chi connectivity index (χ1n) is 5.88. The molecule has 0 bridgehead atoms. The second-order valence-electron chi connectivity index (χ2n) is 5.22. The number of rotatable bonds is 3. The molecule has 14 heavy (non-hydrogen) atoms. The van der Waals surface area contributed by atoms with Crippen LogP contribution in [0.15, 0.2) is 0 Å². The van der Waals surface area contributed by atoms with E-state index in [-0.39, 0.29) is 18.1 Å². The lowest BCUT2D eigenvalue weighted by molar-refractivity contribution is -0.0430. The van der Waals surface area contributed by atoms with Crippen LogP contribution in [-0.2, 0) is 0 Å². The summed E-state index contributed by atoms with van der Waals surface area (Å²) < 4.78 is 0. The van der Waals surface area contributed by atoms with Crippen LogP contribution in [0.1, 0.15) is 46.5 Å². The minimum atomic E-state index is -0.361. The Bertz CT molecular complexity index is 166. The molecule has 0 aliphatic heterocycles. The van der Waals surface area contributed by atoms with Gasteiger partial charge in [0.25, 0.3) is 0 Å². The van der Waals surface area contributed by atoms with E-state index in [4.69, 9.17) is 0 Å². The Labute approximate surface area is 87.3 Å². The van der Waals surface area contributed by atoms with E-state index in [2.05, 4.69) is 13.8 Å². The van der Waals surface area contributed by atoms with Gasteiger partial charge >= 0.3 is 0 Å². The van der Waals surface area contributed by atoms with Crippen molar-refractivity contribution in [3.8, 4) is 0 Å². The molecule has 2 nitrogen and oxygen atoms in total. The molecule has 0 aromatic carbocycles. The van der Waals surface area contributed by atoms with Gasteiger partial charge in [0, 0.05) is 5.92 Å². The Kier molecular flexibility index (Phi) is 4.39. The Morgan fingerprint density at radius 1 is 1.21 bits per heavy atom. The number of hydrogen-bond acceptors (Lipinski definition) is 2. The highest BCUT2D eigenvalue weighted by Gasteiger charge is 2.34. The summed E-state index contributed by atoms with van der Waals surface area (Å²) >= 11 is 0. The maximum Gasteiger partial charge on any atom is 0.0621 e. The minimum Gasteiger partial charge on any atom is -0.393 e. The van der Waals surface area contributed by atoms with E-state index in [1.165, 1.54) is 0 Å². The zero-order valence-electron chi connectivity index (χ0n) is 9.61. The van der Waals surface area contributed by atoms with Crippen molar-refractivity contribution in [3.63, 3.8) is 0 Å². The van der Waals surface area contributed by atoms with Crippen LogP contribution in [0.4, 0.5) is 0 Å². The minimum absolute atomic E-state index is 0.104. The molecule has 84 valence electrons. The third-order valence-electron chi connectivity index (χ3n) is 3.43. The van der Waals surface area contributed by atoms with Crippen molar-refractivity contribution in [2.24, 2.45) is 17.8 Å². The zero-order valence-corrected chi connectivity index (χ0v) is 9.61. The largest absolute Gasteiger partial charge is 0.393 e. The predicted molar refractivity (Wildman–Crippen MR) is 58.0 cm³/mol. The van der Waals surface area contributed by atoms with Crippen LogP contribution in [0.3, 0.4) is 0 Å². The zero-order chi connectivity index (χ0) is 10.7. The predicted octanol–water partition coefficient (Wildman–Crippen LogP) is 2.19. The lowest BCUT2D eigenvalue weighted by Crippen LogP contribution is -2.39. The van der Waals surface area contributed by atoms with Gasteiger partial charge in [-0.2, -0.15) is 0 Å². The fraction of sp³-hybridized carbons (Fsp3) is 1.00. The van der Waals surface area contributed by atoms with Crippen molar-refractivity contribution in [2.45, 2.75) is 58.7 Å². The van der Waals surface area contributed by atoms with Gasteiger partial charge < -0.3 is 10.2 Å². The van der Waals surface area contributed by atoms with E-state index >= 15 is 0 Å². The van der Waals surface area contributed by atoms with Gasteiger partial charge in [0.15, 0.2) is 0 Å². The molecule has 4 atom stereocenters. The summed E-state index contributed by atoms with van der Waals surface area (Å²) in [6.45, 7) is 6.18. The molecule has 1 rings (SSSR count). The Morgan fingerprint density at radius 3 is 2.36 bits per heavy atom. The van der Waals surface area contributed by atoms with E-state index in [0.717, 1.165) is 25.7 Å². The second kappa shape index (κ2) is 5.13. The van der Waals surface area contributed by atoms with Crippen molar-refractivity contribution in [3.05, 3.63) is 0 Å². The first kappa shape index (κ1) is 12.0. The molecule has 2 heteroatoms. The lowest BCUT2D eigenvalue weighted by atomic mass is 9.73. The van der Waals surface area contributed by atoms with Crippen molar-refractivity contribution < 1.29 is 10.2 Å². The summed E-state index contributed by atoms with van der Waals surface area (Å²) in [5, 5.41) is 19.6. The maximum absolute atomic E-state index is 10.1. The van der Waals surface area contributed by atoms with Gasteiger partial charge in [-0.3, -0.25) is 0 Å². The Balaban J connectivity index is 2.52. The van der Waals surface area contributed by atoms with Crippen molar-refractivity contribution in [1.29, 1.82) is 0 Å². The van der Waals surface area contributed by atoms with Crippen LogP contribution in [-0.4, -0.2) is 22.4 Å². The summed E-state index contributed by atoms with van der Waals surface area (Å²) in [6, 6.07) is 0. The summed E-state index contributed by atoms with van der Waals surface area (Å²) in [4.78, 5) is 0. The van der Waals surface area contributed by atoms with E-state index in [1.54, 1.807) is 6.92 Å². The standard InChI is InChI=1S/C12H24O2/c1-8(2)7-10-5-4-6-11(9(3)13)12(10)14/h8-14H,4-7H2,1-3H3. The molecular formula is C12H24O2. The molecule has 0 aromatic rings. The van der Waals surface area contributed by atoms with Crippen LogP contribution in [0.5, 0.6) is 0 Å². The monoisotopic (exact) mass is 200 g/mol. The van der Waals surface area contributed by atoms with Gasteiger partial charge in [0.1, 0.15) is 0 Å². The van der Waals surface area contributed by atoms with Gasteiger partial charge in [-0.1, -0.05) is 20.3 Å². The van der Waals surface area contributed by atoms with E-state index < -0.39 is 0 Å². The summed E-state index contributed by atoms with van der Waals surface area (Å²) in [7, 11) is 0. The van der Waals surface area contributed by atoms with Crippen LogP contribution < -0.4 is 0 Å². The van der Waals surface area contributed by atoms with Crippen LogP contribution >= 0.6 is 0 Å². The fourth-order valence-corrected chi connectivity index (χ4v) is 2.70. The Hall–Kier alpha value is -0.0800. The smallest absolute Gasteiger partial charge is 0.0621 e.